The molecule has 0 bridgehead atoms. The van der Waals surface area contributed by atoms with Crippen molar-refractivity contribution in [1.82, 2.24) is 4.31 Å². The third-order valence-electron chi connectivity index (χ3n) is 3.40. The monoisotopic (exact) mass is 363 g/mol. The number of sulfonamides is 1. The van der Waals surface area contributed by atoms with Gasteiger partial charge < -0.3 is 15.8 Å². The van der Waals surface area contributed by atoms with E-state index >= 15 is 0 Å². The summed E-state index contributed by atoms with van der Waals surface area (Å²) in [5.74, 6) is -0.0890. The Morgan fingerprint density at radius 3 is 2.57 bits per heavy atom. The van der Waals surface area contributed by atoms with E-state index in [-0.39, 0.29) is 29.8 Å². The van der Waals surface area contributed by atoms with Gasteiger partial charge in [-0.3, -0.25) is 4.79 Å². The van der Waals surface area contributed by atoms with Gasteiger partial charge in [0, 0.05) is 18.8 Å². The summed E-state index contributed by atoms with van der Waals surface area (Å²) in [6, 6.07) is 4.58. The van der Waals surface area contributed by atoms with Gasteiger partial charge in [-0.25, -0.2) is 8.42 Å². The molecule has 1 fully saturated rings. The minimum atomic E-state index is -3.63. The summed E-state index contributed by atoms with van der Waals surface area (Å²) < 4.78 is 32.4. The first-order valence-electron chi connectivity index (χ1n) is 7.26. The van der Waals surface area contributed by atoms with Crippen LogP contribution >= 0.6 is 12.4 Å². The van der Waals surface area contributed by atoms with E-state index in [0.29, 0.717) is 31.1 Å². The fourth-order valence-electron chi connectivity index (χ4n) is 2.34. The molecule has 0 aromatic heterocycles. The molecule has 1 amide bonds. The van der Waals surface area contributed by atoms with Crippen molar-refractivity contribution in [3.8, 4) is 5.75 Å². The van der Waals surface area contributed by atoms with Crippen molar-refractivity contribution in [1.29, 1.82) is 0 Å². The van der Waals surface area contributed by atoms with Gasteiger partial charge in [0.15, 0.2) is 0 Å². The Bertz CT molecular complexity index is 645. The molecule has 1 aromatic rings. The van der Waals surface area contributed by atoms with Crippen molar-refractivity contribution in [2.75, 3.05) is 31.6 Å². The SMILES string of the molecule is CCOc1ccc(NC(=O)CN)cc1S(=O)(=O)N1CCCC1.Cl. The second-order valence-corrected chi connectivity index (χ2v) is 6.86. The van der Waals surface area contributed by atoms with Gasteiger partial charge in [-0.05, 0) is 38.0 Å². The topological polar surface area (TPSA) is 102 Å². The molecule has 2 rings (SSSR count). The number of ether oxygens (including phenoxy) is 1. The highest BCUT2D eigenvalue weighted by atomic mass is 35.5. The normalized spacial score (nSPS) is 15.0. The maximum atomic E-state index is 12.7. The second kappa shape index (κ2) is 8.49. The van der Waals surface area contributed by atoms with Crippen molar-refractivity contribution >= 4 is 34.0 Å². The van der Waals surface area contributed by atoms with E-state index in [2.05, 4.69) is 5.32 Å². The van der Waals surface area contributed by atoms with Crippen molar-refractivity contribution in [3.63, 3.8) is 0 Å². The summed E-state index contributed by atoms with van der Waals surface area (Å²) in [5.41, 5.74) is 5.64. The standard InChI is InChI=1S/C14H21N3O4S.ClH/c1-2-21-12-6-5-11(16-14(18)10-15)9-13(12)22(19,20)17-7-3-4-8-17;/h5-6,9H,2-4,7-8,10,15H2,1H3,(H,16,18);1H. The van der Waals surface area contributed by atoms with Gasteiger partial charge in [-0.1, -0.05) is 0 Å². The number of nitrogens with one attached hydrogen (secondary N) is 1. The number of carbonyl (C=O) groups is 1. The van der Waals surface area contributed by atoms with Crippen molar-refractivity contribution < 1.29 is 17.9 Å². The van der Waals surface area contributed by atoms with Crippen LogP contribution < -0.4 is 15.8 Å². The number of nitrogens with zero attached hydrogens (tertiary/aromatic N) is 1. The van der Waals surface area contributed by atoms with E-state index in [1.165, 1.54) is 10.4 Å². The highest BCUT2D eigenvalue weighted by Gasteiger charge is 2.30. The lowest BCUT2D eigenvalue weighted by Crippen LogP contribution is -2.28. The molecule has 23 heavy (non-hydrogen) atoms. The van der Waals surface area contributed by atoms with E-state index in [9.17, 15) is 13.2 Å². The molecule has 1 aliphatic rings. The molecule has 1 heterocycles. The van der Waals surface area contributed by atoms with Crippen LogP contribution in [-0.4, -0.2) is 44.9 Å². The molecule has 0 aliphatic carbocycles. The molecule has 0 radical (unpaired) electrons. The molecule has 0 atom stereocenters. The summed E-state index contributed by atoms with van der Waals surface area (Å²) in [6.45, 7) is 3.00. The number of amides is 1. The highest BCUT2D eigenvalue weighted by molar-refractivity contribution is 7.89. The lowest BCUT2D eigenvalue weighted by Gasteiger charge is -2.19. The minimum absolute atomic E-state index is 0. The number of anilines is 1. The molecule has 1 aliphatic heterocycles. The molecule has 3 N–H and O–H groups in total. The van der Waals surface area contributed by atoms with Gasteiger partial charge in [-0.15, -0.1) is 12.4 Å². The van der Waals surface area contributed by atoms with Gasteiger partial charge in [0.25, 0.3) is 0 Å². The lowest BCUT2D eigenvalue weighted by molar-refractivity contribution is -0.114. The molecule has 9 heteroatoms. The molecule has 130 valence electrons. The molecule has 1 aromatic carbocycles. The third-order valence-corrected chi connectivity index (χ3v) is 5.32. The predicted molar refractivity (Wildman–Crippen MR) is 90.5 cm³/mol. The smallest absolute Gasteiger partial charge is 0.246 e. The zero-order valence-electron chi connectivity index (χ0n) is 12.9. The number of nitrogens with two attached hydrogens (primary N) is 1. The Labute approximate surface area is 142 Å². The number of rotatable bonds is 6. The summed E-state index contributed by atoms with van der Waals surface area (Å²) in [5, 5.41) is 2.56. The Balaban J connectivity index is 0.00000264. The zero-order valence-corrected chi connectivity index (χ0v) is 14.6. The van der Waals surface area contributed by atoms with E-state index < -0.39 is 10.0 Å². The lowest BCUT2D eigenvalue weighted by atomic mass is 10.3. The van der Waals surface area contributed by atoms with Crippen LogP contribution in [0.25, 0.3) is 0 Å². The van der Waals surface area contributed by atoms with Crippen LogP contribution in [0.5, 0.6) is 5.75 Å². The number of halogens is 1. The quantitative estimate of drug-likeness (QED) is 0.790. The van der Waals surface area contributed by atoms with Gasteiger partial charge in [0.05, 0.1) is 13.2 Å². The molecule has 0 saturated carbocycles. The first-order chi connectivity index (χ1) is 10.5. The van der Waals surface area contributed by atoms with Crippen LogP contribution in [0.15, 0.2) is 23.1 Å². The average Bonchev–Trinajstić information content (AvgIpc) is 3.04. The van der Waals surface area contributed by atoms with Gasteiger partial charge in [-0.2, -0.15) is 4.31 Å². The van der Waals surface area contributed by atoms with Gasteiger partial charge in [0.2, 0.25) is 15.9 Å². The van der Waals surface area contributed by atoms with E-state index in [1.54, 1.807) is 19.1 Å². The van der Waals surface area contributed by atoms with E-state index in [1.807, 2.05) is 0 Å². The second-order valence-electron chi connectivity index (χ2n) is 4.96. The summed E-state index contributed by atoms with van der Waals surface area (Å²) in [6.07, 6.45) is 1.71. The van der Waals surface area contributed by atoms with Gasteiger partial charge >= 0.3 is 0 Å². The first kappa shape index (κ1) is 19.7. The zero-order chi connectivity index (χ0) is 16.2. The van der Waals surface area contributed by atoms with Gasteiger partial charge in [0.1, 0.15) is 10.6 Å². The van der Waals surface area contributed by atoms with Crippen LogP contribution in [0.2, 0.25) is 0 Å². The maximum Gasteiger partial charge on any atom is 0.246 e. The molecular formula is C14H22ClN3O4S. The third kappa shape index (κ3) is 4.57. The number of hydrogen-bond donors (Lipinski definition) is 2. The van der Waals surface area contributed by atoms with Crippen LogP contribution in [0.4, 0.5) is 5.69 Å². The molecular weight excluding hydrogens is 342 g/mol. The molecule has 7 nitrogen and oxygen atoms in total. The average molecular weight is 364 g/mol. The number of carbonyl (C=O) groups excluding carboxylic acids is 1. The van der Waals surface area contributed by atoms with Crippen LogP contribution in [0.1, 0.15) is 19.8 Å². The molecule has 1 saturated heterocycles. The van der Waals surface area contributed by atoms with Crippen LogP contribution in [0, 0.1) is 0 Å². The Hall–Kier alpha value is -1.35. The van der Waals surface area contributed by atoms with Crippen molar-refractivity contribution in [2.24, 2.45) is 5.73 Å². The molecule has 0 spiro atoms. The van der Waals surface area contributed by atoms with Crippen molar-refractivity contribution in [3.05, 3.63) is 18.2 Å². The Morgan fingerprint density at radius 2 is 2.00 bits per heavy atom. The van der Waals surface area contributed by atoms with Crippen LogP contribution in [-0.2, 0) is 14.8 Å². The first-order valence-corrected chi connectivity index (χ1v) is 8.70. The fourth-order valence-corrected chi connectivity index (χ4v) is 4.02. The number of benzene rings is 1. The summed E-state index contributed by atoms with van der Waals surface area (Å²) in [4.78, 5) is 11.5. The van der Waals surface area contributed by atoms with E-state index in [4.69, 9.17) is 10.5 Å². The predicted octanol–water partition coefficient (Wildman–Crippen LogP) is 1.19. The van der Waals surface area contributed by atoms with Crippen LogP contribution in [0.3, 0.4) is 0 Å². The molecule has 0 unspecified atom stereocenters. The Kier molecular flexibility index (Phi) is 7.27. The fraction of sp³-hybridized carbons (Fsp3) is 0.500. The number of hydrogen-bond acceptors (Lipinski definition) is 5. The van der Waals surface area contributed by atoms with E-state index in [0.717, 1.165) is 12.8 Å². The highest BCUT2D eigenvalue weighted by Crippen LogP contribution is 2.31. The summed E-state index contributed by atoms with van der Waals surface area (Å²) in [7, 11) is -3.63. The summed E-state index contributed by atoms with van der Waals surface area (Å²) >= 11 is 0. The van der Waals surface area contributed by atoms with Crippen molar-refractivity contribution in [2.45, 2.75) is 24.7 Å². The minimum Gasteiger partial charge on any atom is -0.492 e. The largest absolute Gasteiger partial charge is 0.492 e. The Morgan fingerprint density at radius 1 is 1.35 bits per heavy atom. The maximum absolute atomic E-state index is 12.7.